The van der Waals surface area contributed by atoms with Crippen LogP contribution in [0.1, 0.15) is 15.9 Å². The van der Waals surface area contributed by atoms with Gasteiger partial charge in [-0.1, -0.05) is 23.7 Å². The number of nitrogens with one attached hydrogen (secondary N) is 1. The first kappa shape index (κ1) is 23.4. The van der Waals surface area contributed by atoms with Gasteiger partial charge in [0, 0.05) is 22.7 Å². The maximum absolute atomic E-state index is 12.9. The highest BCUT2D eigenvalue weighted by Crippen LogP contribution is 2.30. The van der Waals surface area contributed by atoms with Gasteiger partial charge < -0.3 is 10.1 Å². The van der Waals surface area contributed by atoms with Gasteiger partial charge in [0.05, 0.1) is 28.1 Å². The molecule has 0 radical (unpaired) electrons. The summed E-state index contributed by atoms with van der Waals surface area (Å²) in [5.41, 5.74) is 0.737. The molecule has 11 nitrogen and oxygen atoms in total. The lowest BCUT2D eigenvalue weighted by molar-refractivity contribution is -0.385. The van der Waals surface area contributed by atoms with Crippen molar-refractivity contribution in [2.24, 2.45) is 0 Å². The van der Waals surface area contributed by atoms with Crippen LogP contribution < -0.4 is 10.1 Å². The standard InChI is InChI=1S/C23H16ClN5O6/c24-17-4-6-21(7-5-17)35-22-10-18(9-19(11-22)28(31)32)26-23(30)16-3-1-2-15(8-16)13-27-14-20(12-25-27)29(33)34/h1-12,14H,13H2,(H,26,30). The van der Waals surface area contributed by atoms with Crippen molar-refractivity contribution >= 4 is 34.6 Å². The van der Waals surface area contributed by atoms with E-state index >= 15 is 0 Å². The number of carbonyl (C=O) groups excluding carboxylic acids is 1. The Bertz CT molecular complexity index is 1420. The average molecular weight is 494 g/mol. The van der Waals surface area contributed by atoms with Gasteiger partial charge in [0.2, 0.25) is 0 Å². The predicted octanol–water partition coefficient (Wildman–Crippen LogP) is 5.45. The van der Waals surface area contributed by atoms with Crippen LogP contribution in [0.15, 0.2) is 79.1 Å². The van der Waals surface area contributed by atoms with Crippen molar-refractivity contribution in [3.63, 3.8) is 0 Å². The number of non-ortho nitro benzene ring substituents is 1. The molecule has 0 aliphatic carbocycles. The molecule has 35 heavy (non-hydrogen) atoms. The number of halogens is 1. The molecule has 0 unspecified atom stereocenters. The lowest BCUT2D eigenvalue weighted by atomic mass is 10.1. The molecule has 1 amide bonds. The molecule has 0 aliphatic heterocycles. The summed E-state index contributed by atoms with van der Waals surface area (Å²) in [4.78, 5) is 33.9. The van der Waals surface area contributed by atoms with Crippen molar-refractivity contribution < 1.29 is 19.4 Å². The molecule has 0 spiro atoms. The summed E-state index contributed by atoms with van der Waals surface area (Å²) in [6.45, 7) is 0.213. The maximum atomic E-state index is 12.9. The molecule has 3 aromatic carbocycles. The van der Waals surface area contributed by atoms with E-state index in [2.05, 4.69) is 10.4 Å². The molecule has 0 saturated carbocycles. The first-order valence-corrected chi connectivity index (χ1v) is 10.4. The van der Waals surface area contributed by atoms with E-state index in [0.29, 0.717) is 16.3 Å². The van der Waals surface area contributed by atoms with Gasteiger partial charge in [-0.3, -0.25) is 29.7 Å². The van der Waals surface area contributed by atoms with Crippen molar-refractivity contribution in [3.8, 4) is 11.5 Å². The Hall–Kier alpha value is -4.77. The fraction of sp³-hybridized carbons (Fsp3) is 0.0435. The van der Waals surface area contributed by atoms with E-state index < -0.39 is 15.8 Å². The third-order valence-corrected chi connectivity index (χ3v) is 5.03. The van der Waals surface area contributed by atoms with Gasteiger partial charge in [0.25, 0.3) is 11.6 Å². The number of aromatic nitrogens is 2. The molecule has 176 valence electrons. The number of hydrogen-bond donors (Lipinski definition) is 1. The van der Waals surface area contributed by atoms with Crippen molar-refractivity contribution in [2.75, 3.05) is 5.32 Å². The second-order valence-corrected chi connectivity index (χ2v) is 7.77. The summed E-state index contributed by atoms with van der Waals surface area (Å²) in [7, 11) is 0. The van der Waals surface area contributed by atoms with Crippen LogP contribution in [0.25, 0.3) is 0 Å². The number of hydrogen-bond acceptors (Lipinski definition) is 7. The van der Waals surface area contributed by atoms with Gasteiger partial charge >= 0.3 is 5.69 Å². The van der Waals surface area contributed by atoms with Gasteiger partial charge in [-0.15, -0.1) is 0 Å². The normalized spacial score (nSPS) is 10.5. The summed E-state index contributed by atoms with van der Waals surface area (Å²) >= 11 is 5.87. The molecule has 0 atom stereocenters. The molecule has 0 bridgehead atoms. The van der Waals surface area contributed by atoms with E-state index in [0.717, 1.165) is 6.20 Å². The highest BCUT2D eigenvalue weighted by atomic mass is 35.5. The third kappa shape index (κ3) is 5.97. The number of carbonyl (C=O) groups is 1. The Morgan fingerprint density at radius 3 is 2.40 bits per heavy atom. The molecule has 4 aromatic rings. The summed E-state index contributed by atoms with van der Waals surface area (Å²) in [6.07, 6.45) is 2.43. The van der Waals surface area contributed by atoms with Crippen molar-refractivity contribution in [1.29, 1.82) is 0 Å². The van der Waals surface area contributed by atoms with E-state index in [1.54, 1.807) is 48.5 Å². The number of nitrogens with zero attached hydrogens (tertiary/aromatic N) is 4. The van der Waals surface area contributed by atoms with Gasteiger partial charge in [0.1, 0.15) is 23.9 Å². The van der Waals surface area contributed by atoms with Crippen LogP contribution in [-0.4, -0.2) is 25.5 Å². The number of nitro benzene ring substituents is 1. The van der Waals surface area contributed by atoms with Gasteiger partial charge in [-0.2, -0.15) is 5.10 Å². The van der Waals surface area contributed by atoms with Crippen LogP contribution in [-0.2, 0) is 6.54 Å². The van der Waals surface area contributed by atoms with Gasteiger partial charge in [0.15, 0.2) is 0 Å². The Labute approximate surface area is 202 Å². The van der Waals surface area contributed by atoms with Crippen LogP contribution in [0.5, 0.6) is 11.5 Å². The zero-order valence-electron chi connectivity index (χ0n) is 17.8. The number of ether oxygens (including phenoxy) is 1. The van der Waals surface area contributed by atoms with Crippen LogP contribution in [0, 0.1) is 20.2 Å². The van der Waals surface area contributed by atoms with Gasteiger partial charge in [-0.05, 0) is 42.0 Å². The minimum Gasteiger partial charge on any atom is -0.457 e. The minimum absolute atomic E-state index is 0.138. The van der Waals surface area contributed by atoms with E-state index in [1.807, 2.05) is 0 Å². The van der Waals surface area contributed by atoms with E-state index in [-0.39, 0.29) is 34.9 Å². The molecule has 0 fully saturated rings. The average Bonchev–Trinajstić information content (AvgIpc) is 3.29. The fourth-order valence-corrected chi connectivity index (χ4v) is 3.32. The Balaban J connectivity index is 1.53. The monoisotopic (exact) mass is 493 g/mol. The van der Waals surface area contributed by atoms with Crippen molar-refractivity contribution in [3.05, 3.63) is 116 Å². The van der Waals surface area contributed by atoms with E-state index in [1.165, 1.54) is 29.1 Å². The molecule has 12 heteroatoms. The maximum Gasteiger partial charge on any atom is 0.307 e. The largest absolute Gasteiger partial charge is 0.457 e. The smallest absolute Gasteiger partial charge is 0.307 e. The summed E-state index contributed by atoms with van der Waals surface area (Å²) in [5, 5.41) is 29.3. The number of nitro groups is 2. The summed E-state index contributed by atoms with van der Waals surface area (Å²) in [5.74, 6) is 0.0702. The van der Waals surface area contributed by atoms with Crippen LogP contribution >= 0.6 is 11.6 Å². The highest BCUT2D eigenvalue weighted by molar-refractivity contribution is 6.30. The second kappa shape index (κ2) is 10.0. The first-order valence-electron chi connectivity index (χ1n) is 10.1. The molecular formula is C23H16ClN5O6. The summed E-state index contributed by atoms with van der Waals surface area (Å²) in [6, 6.07) is 17.0. The van der Waals surface area contributed by atoms with Crippen LogP contribution in [0.4, 0.5) is 17.1 Å². The number of benzene rings is 3. The number of rotatable bonds is 8. The molecule has 0 saturated heterocycles. The Morgan fingerprint density at radius 2 is 1.71 bits per heavy atom. The third-order valence-electron chi connectivity index (χ3n) is 4.77. The first-order chi connectivity index (χ1) is 16.8. The lowest BCUT2D eigenvalue weighted by Gasteiger charge is -2.10. The molecule has 0 aliphatic rings. The molecule has 1 N–H and O–H groups in total. The zero-order chi connectivity index (χ0) is 24.9. The van der Waals surface area contributed by atoms with Gasteiger partial charge in [-0.25, -0.2) is 0 Å². The number of amides is 1. The predicted molar refractivity (Wildman–Crippen MR) is 127 cm³/mol. The molecule has 1 aromatic heterocycles. The van der Waals surface area contributed by atoms with Crippen molar-refractivity contribution in [2.45, 2.75) is 6.54 Å². The van der Waals surface area contributed by atoms with E-state index in [4.69, 9.17) is 16.3 Å². The lowest BCUT2D eigenvalue weighted by Crippen LogP contribution is -2.13. The Morgan fingerprint density at radius 1 is 0.971 bits per heavy atom. The number of anilines is 1. The van der Waals surface area contributed by atoms with Crippen LogP contribution in [0.2, 0.25) is 5.02 Å². The minimum atomic E-state index is -0.589. The molecule has 1 heterocycles. The molecule has 4 rings (SSSR count). The quantitative estimate of drug-likeness (QED) is 0.254. The van der Waals surface area contributed by atoms with E-state index in [9.17, 15) is 25.0 Å². The molecular weight excluding hydrogens is 478 g/mol. The Kier molecular flexibility index (Phi) is 6.69. The highest BCUT2D eigenvalue weighted by Gasteiger charge is 2.15. The zero-order valence-corrected chi connectivity index (χ0v) is 18.6. The SMILES string of the molecule is O=C(Nc1cc(Oc2ccc(Cl)cc2)cc([N+](=O)[O-])c1)c1cccc(Cn2cc([N+](=O)[O-])cn2)c1. The topological polar surface area (TPSA) is 142 Å². The fourth-order valence-electron chi connectivity index (χ4n) is 3.19. The summed E-state index contributed by atoms with van der Waals surface area (Å²) < 4.78 is 7.07. The van der Waals surface area contributed by atoms with Crippen molar-refractivity contribution in [1.82, 2.24) is 9.78 Å². The second-order valence-electron chi connectivity index (χ2n) is 7.34. The van der Waals surface area contributed by atoms with Crippen LogP contribution in [0.3, 0.4) is 0 Å².